The van der Waals surface area contributed by atoms with E-state index in [1.54, 1.807) is 0 Å². The van der Waals surface area contributed by atoms with Crippen molar-refractivity contribution in [3.63, 3.8) is 0 Å². The Kier molecular flexibility index (Phi) is 4.12. The largest absolute Gasteiger partial charge is 0.306 e. The van der Waals surface area contributed by atoms with Gasteiger partial charge in [0.2, 0.25) is 0 Å². The van der Waals surface area contributed by atoms with E-state index in [-0.39, 0.29) is 12.4 Å². The zero-order valence-electron chi connectivity index (χ0n) is 5.97. The van der Waals surface area contributed by atoms with Crippen LogP contribution in [0.3, 0.4) is 0 Å². The average molecular weight is 212 g/mol. The first kappa shape index (κ1) is 11.3. The van der Waals surface area contributed by atoms with Crippen molar-refractivity contribution in [1.82, 2.24) is 4.98 Å². The monoisotopic (exact) mass is 211 g/mol. The summed E-state index contributed by atoms with van der Waals surface area (Å²) in [7, 11) is -4.40. The van der Waals surface area contributed by atoms with Gasteiger partial charge in [-0.3, -0.25) is 4.98 Å². The average Bonchev–Trinajstić information content (AvgIpc) is 1.85. The van der Waals surface area contributed by atoms with Crippen molar-refractivity contribution in [2.45, 2.75) is 5.75 Å². The highest BCUT2D eigenvalue weighted by molar-refractivity contribution is 7.85. The lowest BCUT2D eigenvalue weighted by Gasteiger charge is -1.93. The molecule has 68 valence electrons. The fourth-order valence-corrected chi connectivity index (χ4v) is 1.27. The Morgan fingerprint density at radius 2 is 1.83 bits per heavy atom. The first-order valence-electron chi connectivity index (χ1n) is 2.89. The maximum absolute atomic E-state index is 12.0. The highest BCUT2D eigenvalue weighted by Gasteiger charge is 2.07. The Bertz CT molecular complexity index is 327. The molecule has 3 nitrogen and oxygen atoms in total. The van der Waals surface area contributed by atoms with Gasteiger partial charge in [-0.15, -0.1) is 16.3 Å². The second-order valence-electron chi connectivity index (χ2n) is 2.04. The number of hydrogen-bond acceptors (Lipinski definition) is 3. The van der Waals surface area contributed by atoms with Crippen LogP contribution in [0.1, 0.15) is 5.56 Å². The van der Waals surface area contributed by atoms with Crippen molar-refractivity contribution in [1.29, 1.82) is 0 Å². The van der Waals surface area contributed by atoms with Crippen LogP contribution in [0.5, 0.6) is 0 Å². The van der Waals surface area contributed by atoms with Crippen molar-refractivity contribution < 1.29 is 12.3 Å². The minimum atomic E-state index is -4.40. The van der Waals surface area contributed by atoms with Gasteiger partial charge in [0.15, 0.2) is 0 Å². The predicted molar refractivity (Wildman–Crippen MR) is 45.2 cm³/mol. The molecule has 0 amide bonds. The summed E-state index contributed by atoms with van der Waals surface area (Å²) >= 11 is 0. The van der Waals surface area contributed by atoms with Gasteiger partial charge >= 0.3 is 10.2 Å². The molecule has 0 fully saturated rings. The third-order valence-corrected chi connectivity index (χ3v) is 1.77. The molecule has 1 rings (SSSR count). The summed E-state index contributed by atoms with van der Waals surface area (Å²) in [5, 5.41) is 0. The third-order valence-electron chi connectivity index (χ3n) is 1.09. The lowest BCUT2D eigenvalue weighted by molar-refractivity contribution is 0.551. The highest BCUT2D eigenvalue weighted by atomic mass is 35.5. The first-order valence-corrected chi connectivity index (χ1v) is 4.44. The quantitative estimate of drug-likeness (QED) is 0.693. The highest BCUT2D eigenvalue weighted by Crippen LogP contribution is 2.04. The number of halogens is 2. The van der Waals surface area contributed by atoms with E-state index in [0.29, 0.717) is 5.56 Å². The Labute approximate surface area is 76.3 Å². The van der Waals surface area contributed by atoms with Crippen LogP contribution >= 0.6 is 12.4 Å². The number of hydrogen-bond donors (Lipinski definition) is 0. The van der Waals surface area contributed by atoms with Gasteiger partial charge in [-0.05, 0) is 17.7 Å². The summed E-state index contributed by atoms with van der Waals surface area (Å²) in [5.41, 5.74) is 0.405. The maximum atomic E-state index is 12.0. The molecule has 0 unspecified atom stereocenters. The smallest absolute Gasteiger partial charge is 0.265 e. The molecule has 0 radical (unpaired) electrons. The van der Waals surface area contributed by atoms with Crippen LogP contribution in [0.4, 0.5) is 3.89 Å². The van der Waals surface area contributed by atoms with Gasteiger partial charge in [-0.25, -0.2) is 0 Å². The molecule has 1 aromatic rings. The van der Waals surface area contributed by atoms with Gasteiger partial charge in [-0.1, -0.05) is 0 Å². The van der Waals surface area contributed by atoms with Crippen molar-refractivity contribution in [3.05, 3.63) is 30.1 Å². The number of rotatable bonds is 2. The van der Waals surface area contributed by atoms with Crippen LogP contribution in [0.15, 0.2) is 24.5 Å². The second kappa shape index (κ2) is 4.37. The topological polar surface area (TPSA) is 47.0 Å². The molecule has 1 heterocycles. The van der Waals surface area contributed by atoms with Crippen LogP contribution in [0, 0.1) is 0 Å². The van der Waals surface area contributed by atoms with Crippen molar-refractivity contribution in [2.24, 2.45) is 0 Å². The van der Waals surface area contributed by atoms with Crippen molar-refractivity contribution >= 4 is 22.6 Å². The molecule has 0 spiro atoms. The Balaban J connectivity index is 0.00000121. The number of pyridine rings is 1. The molecule has 0 atom stereocenters. The number of nitrogens with zero attached hydrogens (tertiary/aromatic N) is 1. The summed E-state index contributed by atoms with van der Waals surface area (Å²) in [4.78, 5) is 3.66. The lowest BCUT2D eigenvalue weighted by atomic mass is 10.3. The normalized spacial score (nSPS) is 10.4. The van der Waals surface area contributed by atoms with E-state index in [0.717, 1.165) is 0 Å². The van der Waals surface area contributed by atoms with E-state index < -0.39 is 16.0 Å². The first-order chi connectivity index (χ1) is 5.08. The molecule has 0 aliphatic rings. The van der Waals surface area contributed by atoms with Crippen LogP contribution in [0.25, 0.3) is 0 Å². The van der Waals surface area contributed by atoms with E-state index in [2.05, 4.69) is 4.98 Å². The van der Waals surface area contributed by atoms with E-state index in [4.69, 9.17) is 0 Å². The summed E-state index contributed by atoms with van der Waals surface area (Å²) in [5.74, 6) is -0.574. The van der Waals surface area contributed by atoms with E-state index >= 15 is 0 Å². The minimum absolute atomic E-state index is 0. The maximum Gasteiger partial charge on any atom is 0.306 e. The van der Waals surface area contributed by atoms with Crippen LogP contribution < -0.4 is 0 Å². The number of aromatic nitrogens is 1. The molecule has 0 bridgehead atoms. The third kappa shape index (κ3) is 4.25. The lowest BCUT2D eigenvalue weighted by Crippen LogP contribution is -1.95. The molecule has 0 aliphatic heterocycles. The van der Waals surface area contributed by atoms with Crippen molar-refractivity contribution in [3.8, 4) is 0 Å². The fraction of sp³-hybridized carbons (Fsp3) is 0.167. The Morgan fingerprint density at radius 3 is 2.25 bits per heavy atom. The van der Waals surface area contributed by atoms with Crippen LogP contribution in [-0.4, -0.2) is 13.4 Å². The molecule has 0 saturated carbocycles. The second-order valence-corrected chi connectivity index (χ2v) is 3.40. The molecule has 0 saturated heterocycles. The summed E-state index contributed by atoms with van der Waals surface area (Å²) in [6.45, 7) is 0. The molecule has 6 heteroatoms. The van der Waals surface area contributed by atoms with Crippen LogP contribution in [0.2, 0.25) is 0 Å². The fourth-order valence-electron chi connectivity index (χ4n) is 0.678. The van der Waals surface area contributed by atoms with Gasteiger partial charge in [-0.2, -0.15) is 8.42 Å². The SMILES string of the molecule is Cl.O=S(=O)(F)Cc1ccncc1. The molecule has 0 aromatic carbocycles. The van der Waals surface area contributed by atoms with Gasteiger partial charge in [0.25, 0.3) is 0 Å². The molecule has 12 heavy (non-hydrogen) atoms. The van der Waals surface area contributed by atoms with Gasteiger partial charge < -0.3 is 0 Å². The predicted octanol–water partition coefficient (Wildman–Crippen LogP) is 1.30. The van der Waals surface area contributed by atoms with Gasteiger partial charge in [0, 0.05) is 12.4 Å². The van der Waals surface area contributed by atoms with E-state index in [9.17, 15) is 12.3 Å². The Hall–Kier alpha value is -0.680. The molecular weight excluding hydrogens is 205 g/mol. The van der Waals surface area contributed by atoms with Crippen LogP contribution in [-0.2, 0) is 16.0 Å². The summed E-state index contributed by atoms with van der Waals surface area (Å²) < 4.78 is 32.3. The molecule has 0 aliphatic carbocycles. The zero-order chi connectivity index (χ0) is 8.32. The van der Waals surface area contributed by atoms with E-state index in [1.165, 1.54) is 24.5 Å². The van der Waals surface area contributed by atoms with E-state index in [1.807, 2.05) is 0 Å². The Morgan fingerprint density at radius 1 is 1.33 bits per heavy atom. The molecule has 0 N–H and O–H groups in total. The van der Waals surface area contributed by atoms with Crippen molar-refractivity contribution in [2.75, 3.05) is 0 Å². The zero-order valence-corrected chi connectivity index (χ0v) is 7.61. The molecular formula is C6H7ClFNO2S. The van der Waals surface area contributed by atoms with Gasteiger partial charge in [0.05, 0.1) is 0 Å². The summed E-state index contributed by atoms with van der Waals surface area (Å²) in [6.07, 6.45) is 2.83. The standard InChI is InChI=1S/C6H6FNO2S.ClH/c7-11(9,10)5-6-1-3-8-4-2-6;/h1-4H,5H2;1H. The minimum Gasteiger partial charge on any atom is -0.265 e. The van der Waals surface area contributed by atoms with Gasteiger partial charge in [0.1, 0.15) is 5.75 Å². The molecule has 1 aromatic heterocycles. The summed E-state index contributed by atoms with van der Waals surface area (Å²) in [6, 6.07) is 2.91.